The van der Waals surface area contributed by atoms with Crippen molar-refractivity contribution < 1.29 is 4.74 Å². The Morgan fingerprint density at radius 3 is 2.71 bits per heavy atom. The monoisotopic (exact) mass is 195 g/mol. The minimum absolute atomic E-state index is 1.02. The molecule has 1 rings (SSSR count). The van der Waals surface area contributed by atoms with Gasteiger partial charge in [0.15, 0.2) is 0 Å². The van der Waals surface area contributed by atoms with Crippen molar-refractivity contribution in [2.75, 3.05) is 13.1 Å². The second-order valence-electron chi connectivity index (χ2n) is 3.66. The lowest BCUT2D eigenvalue weighted by Crippen LogP contribution is -2.25. The molecule has 2 heteroatoms. The van der Waals surface area contributed by atoms with Crippen LogP contribution in [-0.4, -0.2) is 18.0 Å². The smallest absolute Gasteiger partial charge is 0.110 e. The van der Waals surface area contributed by atoms with Crippen molar-refractivity contribution in [3.8, 4) is 0 Å². The maximum Gasteiger partial charge on any atom is 0.110 e. The summed E-state index contributed by atoms with van der Waals surface area (Å²) in [5.41, 5.74) is 1.32. The average molecular weight is 195 g/mol. The van der Waals surface area contributed by atoms with Crippen molar-refractivity contribution >= 4 is 0 Å². The van der Waals surface area contributed by atoms with Gasteiger partial charge in [0.25, 0.3) is 0 Å². The van der Waals surface area contributed by atoms with E-state index in [4.69, 9.17) is 4.74 Å². The molecule has 0 aromatic carbocycles. The van der Waals surface area contributed by atoms with Gasteiger partial charge in [-0.15, -0.1) is 0 Å². The highest BCUT2D eigenvalue weighted by Crippen LogP contribution is 2.15. The predicted octanol–water partition coefficient (Wildman–Crippen LogP) is 3.27. The average Bonchev–Trinajstić information content (AvgIpc) is 2.25. The van der Waals surface area contributed by atoms with Gasteiger partial charge in [0, 0.05) is 19.5 Å². The van der Waals surface area contributed by atoms with Crippen LogP contribution in [0.1, 0.15) is 39.5 Å². The number of nitrogens with zero attached hydrogens (tertiary/aromatic N) is 1. The van der Waals surface area contributed by atoms with Gasteiger partial charge in [-0.3, -0.25) is 0 Å². The first kappa shape index (κ1) is 11.2. The summed E-state index contributed by atoms with van der Waals surface area (Å²) < 4.78 is 5.21. The van der Waals surface area contributed by atoms with E-state index in [0.717, 1.165) is 19.5 Å². The molecule has 0 bridgehead atoms. The molecule has 2 nitrogen and oxygen atoms in total. The Bertz CT molecular complexity index is 208. The first-order valence-electron chi connectivity index (χ1n) is 5.63. The third-order valence-electron chi connectivity index (χ3n) is 2.39. The van der Waals surface area contributed by atoms with E-state index in [9.17, 15) is 0 Å². The number of allylic oxidation sites excluding steroid dienone is 1. The molecular weight excluding hydrogens is 174 g/mol. The van der Waals surface area contributed by atoms with Gasteiger partial charge in [-0.2, -0.15) is 0 Å². The van der Waals surface area contributed by atoms with Crippen molar-refractivity contribution in [3.05, 3.63) is 24.3 Å². The zero-order chi connectivity index (χ0) is 10.2. The summed E-state index contributed by atoms with van der Waals surface area (Å²) in [5, 5.41) is 0. The summed E-state index contributed by atoms with van der Waals surface area (Å²) in [6.07, 6.45) is 10.4. The number of hydrogen-bond acceptors (Lipinski definition) is 2. The first-order chi connectivity index (χ1) is 6.88. The summed E-state index contributed by atoms with van der Waals surface area (Å²) in [6.45, 7) is 6.76. The van der Waals surface area contributed by atoms with Gasteiger partial charge in [0.2, 0.25) is 0 Å². The van der Waals surface area contributed by atoms with E-state index in [1.807, 2.05) is 6.26 Å². The van der Waals surface area contributed by atoms with E-state index in [1.165, 1.54) is 25.0 Å². The van der Waals surface area contributed by atoms with Gasteiger partial charge in [-0.25, -0.2) is 0 Å². The third kappa shape index (κ3) is 3.44. The minimum atomic E-state index is 1.02. The van der Waals surface area contributed by atoms with Crippen LogP contribution in [0.5, 0.6) is 0 Å². The van der Waals surface area contributed by atoms with Crippen molar-refractivity contribution in [3.63, 3.8) is 0 Å². The van der Waals surface area contributed by atoms with E-state index in [2.05, 4.69) is 24.8 Å². The highest BCUT2D eigenvalue weighted by Gasteiger charge is 2.09. The second kappa shape index (κ2) is 6.52. The Morgan fingerprint density at radius 1 is 1.29 bits per heavy atom. The lowest BCUT2D eigenvalue weighted by molar-refractivity contribution is 0.294. The maximum atomic E-state index is 5.21. The van der Waals surface area contributed by atoms with Crippen LogP contribution >= 0.6 is 0 Å². The minimum Gasteiger partial charge on any atom is -0.471 e. The molecule has 0 spiro atoms. The predicted molar refractivity (Wildman–Crippen MR) is 59.7 cm³/mol. The summed E-state index contributed by atoms with van der Waals surface area (Å²) >= 11 is 0. The summed E-state index contributed by atoms with van der Waals surface area (Å²) in [5.74, 6) is 0. The molecule has 0 aliphatic carbocycles. The van der Waals surface area contributed by atoms with Crippen LogP contribution in [0.3, 0.4) is 0 Å². The molecule has 0 saturated heterocycles. The molecule has 14 heavy (non-hydrogen) atoms. The largest absolute Gasteiger partial charge is 0.471 e. The molecule has 0 amide bonds. The van der Waals surface area contributed by atoms with Crippen LogP contribution in [-0.2, 0) is 4.74 Å². The molecule has 0 unspecified atom stereocenters. The van der Waals surface area contributed by atoms with Crippen LogP contribution in [0, 0.1) is 0 Å². The Balaban J connectivity index is 2.43. The number of hydrogen-bond donors (Lipinski definition) is 0. The van der Waals surface area contributed by atoms with Crippen LogP contribution < -0.4 is 0 Å². The number of rotatable bonds is 6. The number of ether oxygens (including phenoxy) is 1. The fraction of sp³-hybridized carbons (Fsp3) is 0.667. The van der Waals surface area contributed by atoms with Gasteiger partial charge in [0.1, 0.15) is 6.26 Å². The molecule has 0 aromatic rings. The molecule has 1 aliphatic heterocycles. The molecule has 1 aliphatic rings. The lowest BCUT2D eigenvalue weighted by Gasteiger charge is -2.27. The molecule has 0 atom stereocenters. The zero-order valence-electron chi connectivity index (χ0n) is 9.33. The summed E-state index contributed by atoms with van der Waals surface area (Å²) in [6, 6.07) is 0. The van der Waals surface area contributed by atoms with Crippen LogP contribution in [0.15, 0.2) is 24.3 Å². The topological polar surface area (TPSA) is 12.5 Å². The highest BCUT2D eigenvalue weighted by atomic mass is 16.5. The van der Waals surface area contributed by atoms with Crippen LogP contribution in [0.4, 0.5) is 0 Å². The Labute approximate surface area is 87.2 Å². The van der Waals surface area contributed by atoms with Crippen molar-refractivity contribution in [2.24, 2.45) is 0 Å². The van der Waals surface area contributed by atoms with Gasteiger partial charge in [0.05, 0.1) is 12.0 Å². The summed E-state index contributed by atoms with van der Waals surface area (Å²) in [4.78, 5) is 2.44. The van der Waals surface area contributed by atoms with Crippen LogP contribution in [0.2, 0.25) is 0 Å². The maximum absolute atomic E-state index is 5.21. The molecule has 0 fully saturated rings. The molecule has 0 aromatic heterocycles. The third-order valence-corrected chi connectivity index (χ3v) is 2.39. The SMILES string of the molecule is CCCCN(CCC)C1=COC=CC1. The van der Waals surface area contributed by atoms with Gasteiger partial charge >= 0.3 is 0 Å². The fourth-order valence-corrected chi connectivity index (χ4v) is 1.61. The first-order valence-corrected chi connectivity index (χ1v) is 5.63. The zero-order valence-corrected chi connectivity index (χ0v) is 9.33. The van der Waals surface area contributed by atoms with Crippen LogP contribution in [0.25, 0.3) is 0 Å². The molecule has 0 radical (unpaired) electrons. The Kier molecular flexibility index (Phi) is 5.20. The quantitative estimate of drug-likeness (QED) is 0.645. The fourth-order valence-electron chi connectivity index (χ4n) is 1.61. The standard InChI is InChI=1S/C12H21NO/c1-3-5-9-13(8-4-2)12-7-6-10-14-11-12/h6,10-11H,3-5,7-9H2,1-2H3. The van der Waals surface area contributed by atoms with Crippen molar-refractivity contribution in [2.45, 2.75) is 39.5 Å². The van der Waals surface area contributed by atoms with E-state index in [1.54, 1.807) is 6.26 Å². The van der Waals surface area contributed by atoms with Gasteiger partial charge in [-0.1, -0.05) is 20.3 Å². The van der Waals surface area contributed by atoms with Crippen molar-refractivity contribution in [1.82, 2.24) is 4.90 Å². The molecule has 80 valence electrons. The van der Waals surface area contributed by atoms with Gasteiger partial charge in [-0.05, 0) is 18.9 Å². The Hall–Kier alpha value is -0.920. The highest BCUT2D eigenvalue weighted by molar-refractivity contribution is 5.07. The van der Waals surface area contributed by atoms with E-state index in [-0.39, 0.29) is 0 Å². The van der Waals surface area contributed by atoms with E-state index >= 15 is 0 Å². The lowest BCUT2D eigenvalue weighted by atomic mass is 10.2. The van der Waals surface area contributed by atoms with Gasteiger partial charge < -0.3 is 9.64 Å². The second-order valence-corrected chi connectivity index (χ2v) is 3.66. The molecular formula is C12H21NO. The summed E-state index contributed by atoms with van der Waals surface area (Å²) in [7, 11) is 0. The van der Waals surface area contributed by atoms with E-state index < -0.39 is 0 Å². The Morgan fingerprint density at radius 2 is 2.14 bits per heavy atom. The normalized spacial score (nSPS) is 14.9. The number of unbranched alkanes of at least 4 members (excludes halogenated alkanes) is 1. The molecule has 0 saturated carbocycles. The van der Waals surface area contributed by atoms with Crippen molar-refractivity contribution in [1.29, 1.82) is 0 Å². The molecule has 1 heterocycles. The molecule has 0 N–H and O–H groups in total. The van der Waals surface area contributed by atoms with E-state index in [0.29, 0.717) is 0 Å².